The average Bonchev–Trinajstić information content (AvgIpc) is 3.34. The van der Waals surface area contributed by atoms with E-state index >= 15 is 0 Å². The van der Waals surface area contributed by atoms with E-state index in [9.17, 15) is 18.0 Å². The Kier molecular flexibility index (Phi) is 6.67. The smallest absolute Gasteiger partial charge is 0.422 e. The predicted octanol–water partition coefficient (Wildman–Crippen LogP) is 5.97. The van der Waals surface area contributed by atoms with Crippen LogP contribution in [0.4, 0.5) is 13.2 Å². The van der Waals surface area contributed by atoms with Crippen LogP contribution in [0.25, 0.3) is 10.9 Å². The van der Waals surface area contributed by atoms with Crippen molar-refractivity contribution in [3.63, 3.8) is 0 Å². The molecule has 2 aromatic heterocycles. The lowest BCUT2D eigenvalue weighted by atomic mass is 10.1. The number of thiophene rings is 1. The summed E-state index contributed by atoms with van der Waals surface area (Å²) in [6.07, 6.45) is -0.126. The summed E-state index contributed by atoms with van der Waals surface area (Å²) in [4.78, 5) is 19.0. The highest BCUT2D eigenvalue weighted by molar-refractivity contribution is 7.14. The molecule has 4 rings (SSSR count). The van der Waals surface area contributed by atoms with Gasteiger partial charge in [0.2, 0.25) is 0 Å². The number of rotatable bonds is 9. The summed E-state index contributed by atoms with van der Waals surface area (Å²) >= 11 is 1.32. The normalized spacial score (nSPS) is 14.7. The van der Waals surface area contributed by atoms with Crippen molar-refractivity contribution in [3.8, 4) is 5.06 Å². The summed E-state index contributed by atoms with van der Waals surface area (Å²) in [6.45, 7) is 1.33. The number of aromatic amines is 1. The Morgan fingerprint density at radius 1 is 1.16 bits per heavy atom. The Hall–Kier alpha value is -2.32. The van der Waals surface area contributed by atoms with Crippen LogP contribution in [0.15, 0.2) is 36.4 Å². The van der Waals surface area contributed by atoms with Crippen molar-refractivity contribution in [3.05, 3.63) is 52.5 Å². The summed E-state index contributed by atoms with van der Waals surface area (Å²) in [6, 6.07) is 11.5. The van der Waals surface area contributed by atoms with Gasteiger partial charge in [-0.3, -0.25) is 9.69 Å². The number of aromatic nitrogens is 1. The van der Waals surface area contributed by atoms with Crippen molar-refractivity contribution >= 4 is 28.0 Å². The van der Waals surface area contributed by atoms with Gasteiger partial charge >= 0.3 is 6.18 Å². The van der Waals surface area contributed by atoms with Gasteiger partial charge in [-0.25, -0.2) is 0 Å². The lowest BCUT2D eigenvalue weighted by Crippen LogP contribution is -2.30. The van der Waals surface area contributed by atoms with Gasteiger partial charge in [0.1, 0.15) is 0 Å². The molecule has 0 saturated carbocycles. The van der Waals surface area contributed by atoms with E-state index in [1.54, 1.807) is 6.07 Å². The number of hydrogen-bond acceptors (Lipinski definition) is 4. The van der Waals surface area contributed by atoms with Gasteiger partial charge in [-0.15, -0.1) is 11.3 Å². The van der Waals surface area contributed by atoms with Crippen molar-refractivity contribution in [2.75, 3.05) is 19.7 Å². The van der Waals surface area contributed by atoms with Gasteiger partial charge in [0.25, 0.3) is 0 Å². The highest BCUT2D eigenvalue weighted by Gasteiger charge is 2.29. The molecule has 4 nitrogen and oxygen atoms in total. The molecular weight excluding hydrogens is 425 g/mol. The van der Waals surface area contributed by atoms with Crippen LogP contribution in [0.1, 0.15) is 46.6 Å². The third-order valence-corrected chi connectivity index (χ3v) is 6.66. The number of hydrogen-bond donors (Lipinski definition) is 1. The van der Waals surface area contributed by atoms with Crippen LogP contribution in [0.3, 0.4) is 0 Å². The number of carbonyl (C=O) groups excluding carboxylic acids is 1. The number of halogens is 3. The van der Waals surface area contributed by atoms with Crippen LogP contribution in [0, 0.1) is 0 Å². The second kappa shape index (κ2) is 9.44. The van der Waals surface area contributed by atoms with Crippen LogP contribution in [0.2, 0.25) is 0 Å². The van der Waals surface area contributed by atoms with Gasteiger partial charge < -0.3 is 9.72 Å². The van der Waals surface area contributed by atoms with Crippen molar-refractivity contribution in [1.82, 2.24) is 9.88 Å². The first-order valence-electron chi connectivity index (χ1n) is 10.5. The number of nitrogens with zero attached hydrogens (tertiary/aromatic N) is 1. The minimum Gasteiger partial charge on any atom is -0.475 e. The first-order valence-corrected chi connectivity index (χ1v) is 11.3. The standard InChI is InChI=1S/C23H25F3N2O2S/c24-23(25,26)15-30-22-13-17-14-28(11-9-21(17)31-22)10-5-1-2-8-20(29)19-12-16-6-3-4-7-18(16)27-19/h3-4,6-7,12-13,27H,1-2,5,8-11,14-15H2. The zero-order valence-corrected chi connectivity index (χ0v) is 18.0. The van der Waals surface area contributed by atoms with Crippen molar-refractivity contribution < 1.29 is 22.7 Å². The Labute approximate surface area is 183 Å². The molecule has 0 radical (unpaired) electrons. The number of H-pyrrole nitrogens is 1. The van der Waals surface area contributed by atoms with Gasteiger partial charge in [0.15, 0.2) is 17.5 Å². The van der Waals surface area contributed by atoms with E-state index in [0.717, 1.165) is 66.7 Å². The first-order chi connectivity index (χ1) is 14.9. The Bertz CT molecular complexity index is 1010. The zero-order valence-electron chi connectivity index (χ0n) is 17.1. The molecule has 8 heteroatoms. The molecule has 166 valence electrons. The minimum atomic E-state index is -4.31. The molecule has 0 atom stereocenters. The zero-order chi connectivity index (χ0) is 21.8. The molecule has 0 aliphatic carbocycles. The molecule has 3 heterocycles. The SMILES string of the molecule is O=C(CCCCCN1CCc2sc(OCC(F)(F)F)cc2C1)c1cc2ccccc2[nH]1. The molecule has 0 fully saturated rings. The lowest BCUT2D eigenvalue weighted by molar-refractivity contribution is -0.152. The van der Waals surface area contributed by atoms with E-state index < -0.39 is 12.8 Å². The summed E-state index contributed by atoms with van der Waals surface area (Å²) in [5.41, 5.74) is 2.73. The second-order valence-corrected chi connectivity index (χ2v) is 9.05. The van der Waals surface area contributed by atoms with Crippen LogP contribution >= 0.6 is 11.3 Å². The van der Waals surface area contributed by atoms with E-state index in [0.29, 0.717) is 17.2 Å². The topological polar surface area (TPSA) is 45.3 Å². The third kappa shape index (κ3) is 5.89. The van der Waals surface area contributed by atoms with E-state index in [2.05, 4.69) is 9.88 Å². The Morgan fingerprint density at radius 2 is 2.00 bits per heavy atom. The number of fused-ring (bicyclic) bond motifs is 2. The maximum Gasteiger partial charge on any atom is 0.422 e. The fourth-order valence-electron chi connectivity index (χ4n) is 3.94. The number of para-hydroxylation sites is 1. The highest BCUT2D eigenvalue weighted by Crippen LogP contribution is 2.34. The van der Waals surface area contributed by atoms with E-state index in [1.165, 1.54) is 11.3 Å². The molecular formula is C23H25F3N2O2S. The fraction of sp³-hybridized carbons (Fsp3) is 0.435. The third-order valence-electron chi connectivity index (χ3n) is 5.51. The fourth-order valence-corrected chi connectivity index (χ4v) is 4.94. The maximum absolute atomic E-state index is 12.4. The molecule has 1 aliphatic heterocycles. The number of ether oxygens (including phenoxy) is 1. The average molecular weight is 451 g/mol. The summed E-state index contributed by atoms with van der Waals surface area (Å²) in [5, 5.41) is 1.40. The minimum absolute atomic E-state index is 0.142. The van der Waals surface area contributed by atoms with Gasteiger partial charge in [-0.1, -0.05) is 24.6 Å². The van der Waals surface area contributed by atoms with Crippen molar-refractivity contribution in [1.29, 1.82) is 0 Å². The highest BCUT2D eigenvalue weighted by atomic mass is 32.1. The summed E-state index contributed by atoms with van der Waals surface area (Å²) in [7, 11) is 0. The molecule has 1 aromatic carbocycles. The van der Waals surface area contributed by atoms with Crippen molar-refractivity contribution in [2.45, 2.75) is 44.8 Å². The molecule has 0 amide bonds. The number of benzene rings is 1. The molecule has 0 bridgehead atoms. The molecule has 0 unspecified atom stereocenters. The molecule has 1 aliphatic rings. The lowest BCUT2D eigenvalue weighted by Gasteiger charge is -2.26. The monoisotopic (exact) mass is 450 g/mol. The number of carbonyl (C=O) groups is 1. The van der Waals surface area contributed by atoms with Crippen LogP contribution in [-0.2, 0) is 13.0 Å². The maximum atomic E-state index is 12.4. The number of ketones is 1. The Balaban J connectivity index is 1.17. The van der Waals surface area contributed by atoms with Gasteiger partial charge in [0.05, 0.1) is 5.69 Å². The van der Waals surface area contributed by atoms with Gasteiger partial charge in [-0.2, -0.15) is 13.2 Å². The quantitative estimate of drug-likeness (QED) is 0.323. The van der Waals surface area contributed by atoms with E-state index in [4.69, 9.17) is 4.74 Å². The van der Waals surface area contributed by atoms with E-state index in [1.807, 2.05) is 30.3 Å². The van der Waals surface area contributed by atoms with E-state index in [-0.39, 0.29) is 5.78 Å². The van der Waals surface area contributed by atoms with Crippen LogP contribution < -0.4 is 4.74 Å². The van der Waals surface area contributed by atoms with Gasteiger partial charge in [0, 0.05) is 35.3 Å². The van der Waals surface area contributed by atoms with Crippen LogP contribution in [-0.4, -0.2) is 41.5 Å². The number of Topliss-reactive ketones (excluding diaryl/α,β-unsaturated/α-hetero) is 1. The first kappa shape index (κ1) is 21.9. The summed E-state index contributed by atoms with van der Waals surface area (Å²) < 4.78 is 41.9. The molecule has 0 spiro atoms. The molecule has 1 N–H and O–H groups in total. The number of unbranched alkanes of at least 4 members (excludes halogenated alkanes) is 2. The molecule has 3 aromatic rings. The molecule has 31 heavy (non-hydrogen) atoms. The molecule has 0 saturated heterocycles. The Morgan fingerprint density at radius 3 is 2.81 bits per heavy atom. The van der Waals surface area contributed by atoms with Gasteiger partial charge in [-0.05, 0) is 49.6 Å². The van der Waals surface area contributed by atoms with Crippen molar-refractivity contribution in [2.24, 2.45) is 0 Å². The predicted molar refractivity (Wildman–Crippen MR) is 116 cm³/mol. The largest absolute Gasteiger partial charge is 0.475 e. The summed E-state index contributed by atoms with van der Waals surface area (Å²) in [5.74, 6) is 0.142. The number of alkyl halides is 3. The van der Waals surface area contributed by atoms with Crippen LogP contribution in [0.5, 0.6) is 5.06 Å². The second-order valence-electron chi connectivity index (χ2n) is 7.95. The number of nitrogens with one attached hydrogen (secondary N) is 1.